The monoisotopic (exact) mass is 250 g/mol. The van der Waals surface area contributed by atoms with E-state index in [1.807, 2.05) is 0 Å². The molecule has 92 valence electrons. The Kier molecular flexibility index (Phi) is 6.67. The zero-order valence-corrected chi connectivity index (χ0v) is 9.51. The van der Waals surface area contributed by atoms with E-state index >= 15 is 0 Å². The first-order chi connectivity index (χ1) is 7.11. The van der Waals surface area contributed by atoms with E-state index in [-0.39, 0.29) is 24.2 Å². The van der Waals surface area contributed by atoms with Gasteiger partial charge in [0, 0.05) is 6.54 Å². The van der Waals surface area contributed by atoms with Crippen LogP contribution in [0.15, 0.2) is 0 Å². The molecule has 0 aliphatic carbocycles. The maximum Gasteiger partial charge on any atom is 0.374 e. The fourth-order valence-electron chi connectivity index (χ4n) is 1.46. The number of carbonyl (C=O) groups excluding carboxylic acids is 2. The summed E-state index contributed by atoms with van der Waals surface area (Å²) in [6.45, 7) is 1.07. The van der Waals surface area contributed by atoms with E-state index in [4.69, 9.17) is 5.11 Å². The number of hydrogen-bond donors (Lipinski definition) is 3. The second-order valence-electron chi connectivity index (χ2n) is 3.49. The summed E-state index contributed by atoms with van der Waals surface area (Å²) in [7, 11) is 0. The third kappa shape index (κ3) is 4.59. The average molecular weight is 251 g/mol. The summed E-state index contributed by atoms with van der Waals surface area (Å²) < 4.78 is 0. The number of halogens is 1. The van der Waals surface area contributed by atoms with Gasteiger partial charge in [0.15, 0.2) is 0 Å². The lowest BCUT2D eigenvalue weighted by atomic mass is 9.99. The van der Waals surface area contributed by atoms with Crippen molar-refractivity contribution in [2.75, 3.05) is 19.6 Å². The molecular weight excluding hydrogens is 236 g/mol. The van der Waals surface area contributed by atoms with Gasteiger partial charge in [-0.1, -0.05) is 0 Å². The van der Waals surface area contributed by atoms with Crippen LogP contribution in [0.3, 0.4) is 0 Å². The van der Waals surface area contributed by atoms with Gasteiger partial charge in [-0.25, -0.2) is 4.79 Å². The molecule has 1 fully saturated rings. The Balaban J connectivity index is 0.00000225. The minimum absolute atomic E-state index is 0. The molecule has 0 bridgehead atoms. The fourth-order valence-corrected chi connectivity index (χ4v) is 1.46. The number of piperidine rings is 1. The van der Waals surface area contributed by atoms with Gasteiger partial charge in [-0.2, -0.15) is 0 Å². The number of amides is 1. The second-order valence-corrected chi connectivity index (χ2v) is 3.49. The summed E-state index contributed by atoms with van der Waals surface area (Å²) in [5, 5.41) is 13.7. The first-order valence-electron chi connectivity index (χ1n) is 4.86. The average Bonchev–Trinajstić information content (AvgIpc) is 2.26. The highest BCUT2D eigenvalue weighted by Gasteiger charge is 2.22. The number of hydrogen-bond acceptors (Lipinski definition) is 4. The van der Waals surface area contributed by atoms with Gasteiger partial charge < -0.3 is 15.7 Å². The van der Waals surface area contributed by atoms with Crippen molar-refractivity contribution in [1.29, 1.82) is 0 Å². The predicted molar refractivity (Wildman–Crippen MR) is 58.5 cm³/mol. The molecule has 1 atom stereocenters. The molecule has 16 heavy (non-hydrogen) atoms. The number of Topliss-reactive ketones (excluding diaryl/α,β-unsaturated/α-hetero) is 1. The SMILES string of the molecule is Cl.O=C(O)C(=O)CNC(=O)C1CCCNC1. The molecule has 1 heterocycles. The highest BCUT2D eigenvalue weighted by atomic mass is 35.5. The molecule has 7 heteroatoms. The Bertz CT molecular complexity index is 277. The van der Waals surface area contributed by atoms with Crippen molar-refractivity contribution in [2.24, 2.45) is 5.92 Å². The number of rotatable bonds is 4. The van der Waals surface area contributed by atoms with Crippen molar-refractivity contribution >= 4 is 30.1 Å². The lowest BCUT2D eigenvalue weighted by Gasteiger charge is -2.21. The second kappa shape index (κ2) is 7.19. The van der Waals surface area contributed by atoms with Gasteiger partial charge in [0.1, 0.15) is 0 Å². The molecule has 0 saturated carbocycles. The normalized spacial score (nSPS) is 19.4. The zero-order chi connectivity index (χ0) is 11.3. The molecule has 1 unspecified atom stereocenters. The van der Waals surface area contributed by atoms with Crippen LogP contribution < -0.4 is 10.6 Å². The molecule has 1 rings (SSSR count). The van der Waals surface area contributed by atoms with Crippen LogP contribution in [0.5, 0.6) is 0 Å². The van der Waals surface area contributed by atoms with Gasteiger partial charge in [-0.3, -0.25) is 9.59 Å². The molecule has 6 nitrogen and oxygen atoms in total. The smallest absolute Gasteiger partial charge is 0.374 e. The minimum Gasteiger partial charge on any atom is -0.475 e. The quantitative estimate of drug-likeness (QED) is 0.567. The Morgan fingerprint density at radius 2 is 2.06 bits per heavy atom. The largest absolute Gasteiger partial charge is 0.475 e. The van der Waals surface area contributed by atoms with Gasteiger partial charge >= 0.3 is 5.97 Å². The molecule has 0 spiro atoms. The van der Waals surface area contributed by atoms with E-state index in [1.165, 1.54) is 0 Å². The highest BCUT2D eigenvalue weighted by Crippen LogP contribution is 2.09. The third-order valence-corrected chi connectivity index (χ3v) is 2.33. The van der Waals surface area contributed by atoms with E-state index in [0.717, 1.165) is 19.4 Å². The van der Waals surface area contributed by atoms with Crippen molar-refractivity contribution in [1.82, 2.24) is 10.6 Å². The summed E-state index contributed by atoms with van der Waals surface area (Å²) in [6, 6.07) is 0. The van der Waals surface area contributed by atoms with E-state index < -0.39 is 18.3 Å². The number of carboxylic acids is 1. The maximum atomic E-state index is 11.4. The van der Waals surface area contributed by atoms with Crippen LogP contribution in [0, 0.1) is 5.92 Å². The molecule has 1 amide bonds. The number of nitrogens with one attached hydrogen (secondary N) is 2. The summed E-state index contributed by atoms with van der Waals surface area (Å²) in [6.07, 6.45) is 1.70. The predicted octanol–water partition coefficient (Wildman–Crippen LogP) is -0.822. The van der Waals surface area contributed by atoms with E-state index in [1.54, 1.807) is 0 Å². The number of ketones is 1. The Hall–Kier alpha value is -1.14. The van der Waals surface area contributed by atoms with E-state index in [9.17, 15) is 14.4 Å². The highest BCUT2D eigenvalue weighted by molar-refractivity contribution is 6.33. The van der Waals surface area contributed by atoms with Crippen LogP contribution >= 0.6 is 12.4 Å². The van der Waals surface area contributed by atoms with E-state index in [0.29, 0.717) is 6.54 Å². The van der Waals surface area contributed by atoms with Crippen LogP contribution in [-0.4, -0.2) is 42.4 Å². The van der Waals surface area contributed by atoms with Crippen molar-refractivity contribution in [3.05, 3.63) is 0 Å². The lowest BCUT2D eigenvalue weighted by Crippen LogP contribution is -2.42. The van der Waals surface area contributed by atoms with Crippen LogP contribution in [-0.2, 0) is 14.4 Å². The topological polar surface area (TPSA) is 95.5 Å². The maximum absolute atomic E-state index is 11.4. The summed E-state index contributed by atoms with van der Waals surface area (Å²) in [5.41, 5.74) is 0. The summed E-state index contributed by atoms with van der Waals surface area (Å²) in [4.78, 5) is 32.3. The standard InChI is InChI=1S/C9H14N2O4.ClH/c12-7(9(14)15)5-11-8(13)6-2-1-3-10-4-6;/h6,10H,1-5H2,(H,11,13)(H,14,15);1H. The molecule has 1 aliphatic rings. The Morgan fingerprint density at radius 3 is 2.56 bits per heavy atom. The molecule has 3 N–H and O–H groups in total. The third-order valence-electron chi connectivity index (χ3n) is 2.33. The summed E-state index contributed by atoms with van der Waals surface area (Å²) in [5.74, 6) is -2.92. The Labute approximate surface area is 99.2 Å². The van der Waals surface area contributed by atoms with Crippen LogP contribution in [0.25, 0.3) is 0 Å². The van der Waals surface area contributed by atoms with Gasteiger partial charge in [0.25, 0.3) is 5.78 Å². The molecule has 0 aromatic heterocycles. The number of carbonyl (C=O) groups is 3. The van der Waals surface area contributed by atoms with Gasteiger partial charge in [0.2, 0.25) is 5.91 Å². The first kappa shape index (κ1) is 14.9. The van der Waals surface area contributed by atoms with Gasteiger partial charge in [-0.15, -0.1) is 12.4 Å². The minimum atomic E-state index is -1.52. The lowest BCUT2D eigenvalue weighted by molar-refractivity contribution is -0.148. The van der Waals surface area contributed by atoms with Crippen LogP contribution in [0.4, 0.5) is 0 Å². The van der Waals surface area contributed by atoms with Crippen LogP contribution in [0.1, 0.15) is 12.8 Å². The fraction of sp³-hybridized carbons (Fsp3) is 0.667. The van der Waals surface area contributed by atoms with Crippen molar-refractivity contribution in [3.8, 4) is 0 Å². The summed E-state index contributed by atoms with van der Waals surface area (Å²) >= 11 is 0. The number of carboxylic acid groups (broad SMARTS) is 1. The van der Waals surface area contributed by atoms with Gasteiger partial charge in [0.05, 0.1) is 12.5 Å². The molecule has 1 saturated heterocycles. The van der Waals surface area contributed by atoms with Crippen molar-refractivity contribution in [2.45, 2.75) is 12.8 Å². The Morgan fingerprint density at radius 1 is 1.38 bits per heavy atom. The molecule has 0 aromatic carbocycles. The molecular formula is C9H15ClN2O4. The van der Waals surface area contributed by atoms with E-state index in [2.05, 4.69) is 10.6 Å². The van der Waals surface area contributed by atoms with Crippen molar-refractivity contribution < 1.29 is 19.5 Å². The van der Waals surface area contributed by atoms with Gasteiger partial charge in [-0.05, 0) is 19.4 Å². The molecule has 1 aliphatic heterocycles. The van der Waals surface area contributed by atoms with Crippen molar-refractivity contribution in [3.63, 3.8) is 0 Å². The number of aliphatic carboxylic acids is 1. The molecule has 0 radical (unpaired) electrons. The zero-order valence-electron chi connectivity index (χ0n) is 8.69. The first-order valence-corrected chi connectivity index (χ1v) is 4.86. The molecule has 0 aromatic rings. The van der Waals surface area contributed by atoms with Crippen LogP contribution in [0.2, 0.25) is 0 Å².